The number of nitrogens with zero attached hydrogens (tertiary/aromatic N) is 1. The van der Waals surface area contributed by atoms with Crippen LogP contribution in [0.25, 0.3) is 0 Å². The number of nitrogens with one attached hydrogen (secondary N) is 1. The van der Waals surface area contributed by atoms with E-state index in [1.165, 1.54) is 31.2 Å². The van der Waals surface area contributed by atoms with Crippen molar-refractivity contribution in [3.63, 3.8) is 0 Å². The molecule has 2 rings (SSSR count). The van der Waals surface area contributed by atoms with E-state index < -0.39 is 0 Å². The molecule has 0 amide bonds. The van der Waals surface area contributed by atoms with Gasteiger partial charge >= 0.3 is 0 Å². The van der Waals surface area contributed by atoms with Crippen LogP contribution in [0, 0.1) is 0 Å². The molecule has 112 valence electrons. The van der Waals surface area contributed by atoms with E-state index in [2.05, 4.69) is 36.3 Å². The molecule has 1 aromatic rings. The van der Waals surface area contributed by atoms with Crippen molar-refractivity contribution < 1.29 is 4.74 Å². The summed E-state index contributed by atoms with van der Waals surface area (Å²) in [6.07, 6.45) is 8.88. The molecule has 0 saturated heterocycles. The van der Waals surface area contributed by atoms with E-state index in [0.717, 1.165) is 25.1 Å². The lowest BCUT2D eigenvalue weighted by molar-refractivity contribution is -0.0598. The van der Waals surface area contributed by atoms with Gasteiger partial charge < -0.3 is 10.1 Å². The number of aryl methyl sites for hydroxylation is 1. The van der Waals surface area contributed by atoms with Gasteiger partial charge in [-0.1, -0.05) is 25.8 Å². The summed E-state index contributed by atoms with van der Waals surface area (Å²) in [5.41, 5.74) is 2.47. The van der Waals surface area contributed by atoms with Crippen molar-refractivity contribution in [2.45, 2.75) is 64.0 Å². The average Bonchev–Trinajstić information content (AvgIpc) is 2.95. The maximum Gasteiger partial charge on any atom is 0.0838 e. The molecular weight excluding hydrogens is 248 g/mol. The van der Waals surface area contributed by atoms with E-state index in [4.69, 9.17) is 4.74 Å². The van der Waals surface area contributed by atoms with E-state index in [1.54, 1.807) is 0 Å². The second-order valence-corrected chi connectivity index (χ2v) is 5.76. The molecule has 1 saturated carbocycles. The second kappa shape index (κ2) is 7.19. The second-order valence-electron chi connectivity index (χ2n) is 5.76. The molecule has 3 nitrogen and oxygen atoms in total. The number of likely N-dealkylation sites (N-methyl/N-ethyl adjacent to an activating group) is 1. The lowest BCUT2D eigenvalue weighted by Gasteiger charge is -2.37. The molecular formula is C17H28N2O. The van der Waals surface area contributed by atoms with E-state index in [0.29, 0.717) is 6.04 Å². The fourth-order valence-electron chi connectivity index (χ4n) is 3.40. The molecule has 20 heavy (non-hydrogen) atoms. The zero-order valence-corrected chi connectivity index (χ0v) is 13.1. The van der Waals surface area contributed by atoms with Crippen molar-refractivity contribution in [2.24, 2.45) is 0 Å². The van der Waals surface area contributed by atoms with Gasteiger partial charge in [-0.05, 0) is 44.9 Å². The summed E-state index contributed by atoms with van der Waals surface area (Å²) in [5.74, 6) is 0. The van der Waals surface area contributed by atoms with Gasteiger partial charge in [-0.2, -0.15) is 0 Å². The minimum absolute atomic E-state index is 0.00854. The Morgan fingerprint density at radius 3 is 2.55 bits per heavy atom. The maximum absolute atomic E-state index is 6.17. The number of hydrogen-bond donors (Lipinski definition) is 1. The Morgan fingerprint density at radius 2 is 2.05 bits per heavy atom. The van der Waals surface area contributed by atoms with Gasteiger partial charge in [0.2, 0.25) is 0 Å². The summed E-state index contributed by atoms with van der Waals surface area (Å²) in [6.45, 7) is 5.05. The summed E-state index contributed by atoms with van der Waals surface area (Å²) in [5, 5.41) is 3.48. The molecule has 1 N–H and O–H groups in total. The molecule has 0 bridgehead atoms. The maximum atomic E-state index is 6.17. The van der Waals surface area contributed by atoms with Crippen molar-refractivity contribution in [3.8, 4) is 0 Å². The van der Waals surface area contributed by atoms with Crippen LogP contribution in [-0.2, 0) is 17.6 Å². The first-order chi connectivity index (χ1) is 9.74. The molecule has 1 atom stereocenters. The fourth-order valence-corrected chi connectivity index (χ4v) is 3.40. The van der Waals surface area contributed by atoms with Gasteiger partial charge in [0.25, 0.3) is 0 Å². The molecule has 1 aliphatic rings. The standard InChI is InChI=1S/C17H28N2O/c1-4-14-8-9-15(19-13-14)12-16(18-3)17(20-5-2)10-6-7-11-17/h8-9,13,16,18H,4-7,10-12H2,1-3H3. The number of ether oxygens (including phenoxy) is 1. The molecule has 1 fully saturated rings. The molecule has 3 heteroatoms. The van der Waals surface area contributed by atoms with Crippen molar-refractivity contribution in [1.29, 1.82) is 0 Å². The largest absolute Gasteiger partial charge is 0.374 e. The third-order valence-electron chi connectivity index (χ3n) is 4.57. The van der Waals surface area contributed by atoms with E-state index in [9.17, 15) is 0 Å². The van der Waals surface area contributed by atoms with Crippen molar-refractivity contribution >= 4 is 0 Å². The summed E-state index contributed by atoms with van der Waals surface area (Å²) >= 11 is 0. The third kappa shape index (κ3) is 3.39. The topological polar surface area (TPSA) is 34.1 Å². The van der Waals surface area contributed by atoms with Gasteiger partial charge in [0, 0.05) is 31.0 Å². The van der Waals surface area contributed by atoms with Crippen molar-refractivity contribution in [3.05, 3.63) is 29.6 Å². The Hall–Kier alpha value is -0.930. The SMILES string of the molecule is CCOC1(C(Cc2ccc(CC)cn2)NC)CCCC1. The highest BCUT2D eigenvalue weighted by atomic mass is 16.5. The summed E-state index contributed by atoms with van der Waals surface area (Å²) in [4.78, 5) is 4.60. The van der Waals surface area contributed by atoms with Crippen LogP contribution < -0.4 is 5.32 Å². The Bertz CT molecular complexity index is 396. The van der Waals surface area contributed by atoms with Crippen LogP contribution in [0.5, 0.6) is 0 Å². The Morgan fingerprint density at radius 1 is 1.30 bits per heavy atom. The van der Waals surface area contributed by atoms with Gasteiger partial charge in [0.1, 0.15) is 0 Å². The molecule has 0 radical (unpaired) electrons. The summed E-state index contributed by atoms with van der Waals surface area (Å²) in [6, 6.07) is 4.71. The predicted octanol–water partition coefficient (Wildman–Crippen LogP) is 3.12. The summed E-state index contributed by atoms with van der Waals surface area (Å²) < 4.78 is 6.17. The van der Waals surface area contributed by atoms with Gasteiger partial charge in [0.05, 0.1) is 5.60 Å². The van der Waals surface area contributed by atoms with Crippen molar-refractivity contribution in [2.75, 3.05) is 13.7 Å². The number of pyridine rings is 1. The molecule has 1 heterocycles. The minimum atomic E-state index is 0.00854. The van der Waals surface area contributed by atoms with Crippen LogP contribution in [0.4, 0.5) is 0 Å². The highest BCUT2D eigenvalue weighted by Gasteiger charge is 2.41. The van der Waals surface area contributed by atoms with Crippen LogP contribution >= 0.6 is 0 Å². The third-order valence-corrected chi connectivity index (χ3v) is 4.57. The summed E-state index contributed by atoms with van der Waals surface area (Å²) in [7, 11) is 2.05. The van der Waals surface area contributed by atoms with Crippen molar-refractivity contribution in [1.82, 2.24) is 10.3 Å². The first-order valence-corrected chi connectivity index (χ1v) is 7.99. The first kappa shape index (κ1) is 15.5. The van der Waals surface area contributed by atoms with Crippen LogP contribution in [0.1, 0.15) is 50.8 Å². The van der Waals surface area contributed by atoms with E-state index in [-0.39, 0.29) is 5.60 Å². The zero-order chi connectivity index (χ0) is 14.4. The van der Waals surface area contributed by atoms with Crippen LogP contribution in [0.2, 0.25) is 0 Å². The average molecular weight is 276 g/mol. The van der Waals surface area contributed by atoms with Crippen LogP contribution in [0.3, 0.4) is 0 Å². The highest BCUT2D eigenvalue weighted by molar-refractivity contribution is 5.16. The normalized spacial score (nSPS) is 19.1. The van der Waals surface area contributed by atoms with Crippen LogP contribution in [-0.4, -0.2) is 30.3 Å². The predicted molar refractivity (Wildman–Crippen MR) is 83.0 cm³/mol. The lowest BCUT2D eigenvalue weighted by atomic mass is 9.88. The monoisotopic (exact) mass is 276 g/mol. The molecule has 1 aliphatic carbocycles. The minimum Gasteiger partial charge on any atom is -0.374 e. The molecule has 0 spiro atoms. The number of rotatable bonds is 7. The Kier molecular flexibility index (Phi) is 5.55. The molecule has 1 aromatic heterocycles. The molecule has 1 unspecified atom stereocenters. The quantitative estimate of drug-likeness (QED) is 0.831. The highest BCUT2D eigenvalue weighted by Crippen LogP contribution is 2.37. The van der Waals surface area contributed by atoms with Crippen LogP contribution in [0.15, 0.2) is 18.3 Å². The van der Waals surface area contributed by atoms with Gasteiger partial charge in [-0.25, -0.2) is 0 Å². The van der Waals surface area contributed by atoms with E-state index >= 15 is 0 Å². The van der Waals surface area contributed by atoms with Gasteiger partial charge in [0.15, 0.2) is 0 Å². The fraction of sp³-hybridized carbons (Fsp3) is 0.706. The first-order valence-electron chi connectivity index (χ1n) is 7.99. The Labute approximate surface area is 123 Å². The van der Waals surface area contributed by atoms with E-state index in [1.807, 2.05) is 13.2 Å². The Balaban J connectivity index is 2.10. The van der Waals surface area contributed by atoms with Gasteiger partial charge in [-0.15, -0.1) is 0 Å². The molecule has 0 aromatic carbocycles. The van der Waals surface area contributed by atoms with Gasteiger partial charge in [-0.3, -0.25) is 4.98 Å². The lowest BCUT2D eigenvalue weighted by Crippen LogP contribution is -2.51. The molecule has 0 aliphatic heterocycles. The smallest absolute Gasteiger partial charge is 0.0838 e. The number of aromatic nitrogens is 1. The zero-order valence-electron chi connectivity index (χ0n) is 13.1. The number of hydrogen-bond acceptors (Lipinski definition) is 3.